The summed E-state index contributed by atoms with van der Waals surface area (Å²) in [6.07, 6.45) is 4.03. The second kappa shape index (κ2) is 5.47. The lowest BCUT2D eigenvalue weighted by Crippen LogP contribution is -2.46. The molecule has 0 aromatic heterocycles. The van der Waals surface area contributed by atoms with Crippen molar-refractivity contribution in [3.8, 4) is 0 Å². The maximum absolute atomic E-state index is 11.7. The molecule has 82 valence electrons. The van der Waals surface area contributed by atoms with Crippen LogP contribution in [0.5, 0.6) is 0 Å². The van der Waals surface area contributed by atoms with Gasteiger partial charge >= 0.3 is 0 Å². The lowest BCUT2D eigenvalue weighted by Gasteiger charge is -2.34. The average molecular weight is 199 g/mol. The van der Waals surface area contributed by atoms with Gasteiger partial charge in [0.15, 0.2) is 0 Å². The van der Waals surface area contributed by atoms with Crippen LogP contribution in [0.1, 0.15) is 32.6 Å². The number of ketones is 1. The van der Waals surface area contributed by atoms with Gasteiger partial charge < -0.3 is 4.74 Å². The van der Waals surface area contributed by atoms with Crippen LogP contribution in [0.2, 0.25) is 0 Å². The summed E-state index contributed by atoms with van der Waals surface area (Å²) in [7, 11) is 3.73. The van der Waals surface area contributed by atoms with E-state index in [1.54, 1.807) is 7.11 Å². The van der Waals surface area contributed by atoms with Crippen LogP contribution < -0.4 is 0 Å². The van der Waals surface area contributed by atoms with Gasteiger partial charge in [-0.1, -0.05) is 6.42 Å². The number of nitrogens with zero attached hydrogens (tertiary/aromatic N) is 1. The number of rotatable bonds is 4. The van der Waals surface area contributed by atoms with Gasteiger partial charge in [-0.25, -0.2) is 0 Å². The van der Waals surface area contributed by atoms with Crippen molar-refractivity contribution in [1.29, 1.82) is 0 Å². The Morgan fingerprint density at radius 3 is 2.86 bits per heavy atom. The Labute approximate surface area is 86.4 Å². The minimum absolute atomic E-state index is 0.133. The van der Waals surface area contributed by atoms with Gasteiger partial charge in [-0.2, -0.15) is 0 Å². The third kappa shape index (κ3) is 2.79. The number of likely N-dealkylation sites (N-methyl/N-ethyl adjacent to an activating group) is 1. The number of carbonyl (C=O) groups excluding carboxylic acids is 1. The zero-order valence-corrected chi connectivity index (χ0v) is 9.45. The first kappa shape index (κ1) is 11.7. The number of Topliss-reactive ketones (excluding diaryl/α,β-unsaturated/α-hetero) is 1. The number of carbonyl (C=O) groups is 1. The molecule has 1 aliphatic carbocycles. The van der Waals surface area contributed by atoms with Gasteiger partial charge in [0, 0.05) is 19.6 Å². The normalized spacial score (nSPS) is 25.4. The van der Waals surface area contributed by atoms with Crippen molar-refractivity contribution in [3.05, 3.63) is 0 Å². The summed E-state index contributed by atoms with van der Waals surface area (Å²) in [4.78, 5) is 13.8. The Balaban J connectivity index is 2.48. The van der Waals surface area contributed by atoms with Crippen molar-refractivity contribution >= 4 is 5.78 Å². The second-order valence-corrected chi connectivity index (χ2v) is 4.20. The van der Waals surface area contributed by atoms with E-state index in [2.05, 4.69) is 11.8 Å². The highest BCUT2D eigenvalue weighted by Gasteiger charge is 2.28. The summed E-state index contributed by atoms with van der Waals surface area (Å²) in [6.45, 7) is 2.80. The zero-order chi connectivity index (χ0) is 10.6. The van der Waals surface area contributed by atoms with E-state index >= 15 is 0 Å². The molecule has 1 fully saturated rings. The molecule has 1 rings (SSSR count). The average Bonchev–Trinajstić information content (AvgIpc) is 2.18. The fraction of sp³-hybridized carbons (Fsp3) is 0.909. The summed E-state index contributed by atoms with van der Waals surface area (Å²) < 4.78 is 5.10. The largest absolute Gasteiger partial charge is 0.383 e. The molecule has 1 aliphatic rings. The van der Waals surface area contributed by atoms with Crippen molar-refractivity contribution in [3.63, 3.8) is 0 Å². The van der Waals surface area contributed by atoms with Crippen molar-refractivity contribution in [2.24, 2.45) is 0 Å². The Bertz CT molecular complexity index is 194. The number of hydrogen-bond donors (Lipinski definition) is 0. The van der Waals surface area contributed by atoms with Crippen molar-refractivity contribution in [2.45, 2.75) is 44.7 Å². The first-order valence-corrected chi connectivity index (χ1v) is 5.40. The maximum Gasteiger partial charge on any atom is 0.149 e. The molecule has 0 N–H and O–H groups in total. The van der Waals surface area contributed by atoms with E-state index < -0.39 is 0 Å². The first-order chi connectivity index (χ1) is 6.66. The fourth-order valence-electron chi connectivity index (χ4n) is 2.06. The lowest BCUT2D eigenvalue weighted by atomic mass is 9.92. The molecule has 2 atom stereocenters. The standard InChI is InChI=1S/C11H21NO2/c1-9(8-14-3)12(2)10-6-4-5-7-11(10)13/h9-10H,4-8H2,1-3H3. The fourth-order valence-corrected chi connectivity index (χ4v) is 2.06. The Morgan fingerprint density at radius 2 is 2.29 bits per heavy atom. The van der Waals surface area contributed by atoms with Crippen molar-refractivity contribution in [2.75, 3.05) is 20.8 Å². The Kier molecular flexibility index (Phi) is 4.55. The third-order valence-electron chi connectivity index (χ3n) is 3.12. The Hall–Kier alpha value is -0.410. The van der Waals surface area contributed by atoms with E-state index in [4.69, 9.17) is 4.74 Å². The molecule has 0 bridgehead atoms. The van der Waals surface area contributed by atoms with Crippen LogP contribution in [0.25, 0.3) is 0 Å². The first-order valence-electron chi connectivity index (χ1n) is 5.40. The minimum atomic E-state index is 0.133. The minimum Gasteiger partial charge on any atom is -0.383 e. The smallest absolute Gasteiger partial charge is 0.149 e. The predicted molar refractivity (Wildman–Crippen MR) is 56.4 cm³/mol. The van der Waals surface area contributed by atoms with Gasteiger partial charge in [-0.3, -0.25) is 9.69 Å². The summed E-state index contributed by atoms with van der Waals surface area (Å²) in [5.41, 5.74) is 0. The molecule has 0 heterocycles. The molecule has 2 unspecified atom stereocenters. The number of ether oxygens (including phenoxy) is 1. The molecule has 0 radical (unpaired) electrons. The van der Waals surface area contributed by atoms with Gasteiger partial charge in [-0.05, 0) is 26.8 Å². The molecule has 3 nitrogen and oxygen atoms in total. The van der Waals surface area contributed by atoms with Crippen LogP contribution in [-0.4, -0.2) is 43.5 Å². The predicted octanol–water partition coefficient (Wildman–Crippen LogP) is 1.46. The van der Waals surface area contributed by atoms with Crippen molar-refractivity contribution in [1.82, 2.24) is 4.90 Å². The molecule has 0 spiro atoms. The number of methoxy groups -OCH3 is 1. The summed E-state index contributed by atoms with van der Waals surface area (Å²) in [6, 6.07) is 0.459. The molecule has 0 saturated heterocycles. The van der Waals surface area contributed by atoms with Crippen LogP contribution >= 0.6 is 0 Å². The van der Waals surface area contributed by atoms with E-state index in [9.17, 15) is 4.79 Å². The molecule has 0 aliphatic heterocycles. The van der Waals surface area contributed by atoms with Gasteiger partial charge in [0.05, 0.1) is 12.6 Å². The van der Waals surface area contributed by atoms with E-state index in [-0.39, 0.29) is 6.04 Å². The molecular formula is C11H21NO2. The third-order valence-corrected chi connectivity index (χ3v) is 3.12. The highest BCUT2D eigenvalue weighted by Crippen LogP contribution is 2.20. The summed E-state index contributed by atoms with van der Waals surface area (Å²) in [5.74, 6) is 0.404. The molecule has 14 heavy (non-hydrogen) atoms. The Morgan fingerprint density at radius 1 is 1.57 bits per heavy atom. The van der Waals surface area contributed by atoms with Gasteiger partial charge in [-0.15, -0.1) is 0 Å². The van der Waals surface area contributed by atoms with E-state index in [0.29, 0.717) is 18.4 Å². The molecule has 0 aromatic rings. The molecule has 0 amide bonds. The monoisotopic (exact) mass is 199 g/mol. The molecule has 0 aromatic carbocycles. The van der Waals surface area contributed by atoms with E-state index in [0.717, 1.165) is 19.3 Å². The zero-order valence-electron chi connectivity index (χ0n) is 9.45. The second-order valence-electron chi connectivity index (χ2n) is 4.20. The molecule has 1 saturated carbocycles. The van der Waals surface area contributed by atoms with Crippen LogP contribution in [0, 0.1) is 0 Å². The van der Waals surface area contributed by atoms with Gasteiger partial charge in [0.25, 0.3) is 0 Å². The molecule has 3 heteroatoms. The SMILES string of the molecule is COCC(C)N(C)C1CCCCC1=O. The summed E-state index contributed by atoms with van der Waals surface area (Å²) in [5, 5.41) is 0. The van der Waals surface area contributed by atoms with E-state index in [1.807, 2.05) is 7.05 Å². The van der Waals surface area contributed by atoms with Gasteiger partial charge in [0.2, 0.25) is 0 Å². The highest BCUT2D eigenvalue weighted by atomic mass is 16.5. The highest BCUT2D eigenvalue weighted by molar-refractivity contribution is 5.84. The van der Waals surface area contributed by atoms with E-state index in [1.165, 1.54) is 6.42 Å². The number of hydrogen-bond acceptors (Lipinski definition) is 3. The summed E-state index contributed by atoms with van der Waals surface area (Å²) >= 11 is 0. The van der Waals surface area contributed by atoms with Crippen LogP contribution in [0.15, 0.2) is 0 Å². The lowest BCUT2D eigenvalue weighted by molar-refractivity contribution is -0.126. The van der Waals surface area contributed by atoms with Crippen LogP contribution in [0.3, 0.4) is 0 Å². The molecular weight excluding hydrogens is 178 g/mol. The maximum atomic E-state index is 11.7. The quantitative estimate of drug-likeness (QED) is 0.686. The van der Waals surface area contributed by atoms with Crippen molar-refractivity contribution < 1.29 is 9.53 Å². The topological polar surface area (TPSA) is 29.5 Å². The van der Waals surface area contributed by atoms with Crippen LogP contribution in [-0.2, 0) is 9.53 Å². The van der Waals surface area contributed by atoms with Crippen LogP contribution in [0.4, 0.5) is 0 Å². The van der Waals surface area contributed by atoms with Gasteiger partial charge in [0.1, 0.15) is 5.78 Å².